The lowest BCUT2D eigenvalue weighted by atomic mass is 10.2. The predicted molar refractivity (Wildman–Crippen MR) is 61.4 cm³/mol. The highest BCUT2D eigenvalue weighted by Crippen LogP contribution is 2.54. The topological polar surface area (TPSA) is 15.9 Å². The van der Waals surface area contributed by atoms with Crippen molar-refractivity contribution in [2.75, 3.05) is 4.90 Å². The van der Waals surface area contributed by atoms with Gasteiger partial charge < -0.3 is 4.90 Å². The van der Waals surface area contributed by atoms with Crippen molar-refractivity contribution in [1.29, 1.82) is 0 Å². The van der Waals surface area contributed by atoms with Gasteiger partial charge in [0.1, 0.15) is 0 Å². The van der Waals surface area contributed by atoms with E-state index in [9.17, 15) is 0 Å². The fourth-order valence-electron chi connectivity index (χ4n) is 2.28. The number of halogens is 1. The van der Waals surface area contributed by atoms with E-state index in [4.69, 9.17) is 11.6 Å². The van der Waals surface area contributed by atoms with Gasteiger partial charge >= 0.3 is 0 Å². The molecule has 2 fully saturated rings. The molecule has 0 amide bonds. The molecular formula is C12H9ClN2. The number of hydrogen-bond donors (Lipinski definition) is 0. The first kappa shape index (κ1) is 7.94. The molecule has 2 nitrogen and oxygen atoms in total. The normalized spacial score (nSPS) is 26.6. The van der Waals surface area contributed by atoms with E-state index in [-0.39, 0.29) is 0 Å². The molecule has 4 rings (SSSR count). The molecule has 2 unspecified atom stereocenters. The van der Waals surface area contributed by atoms with E-state index in [0.717, 1.165) is 22.6 Å². The summed E-state index contributed by atoms with van der Waals surface area (Å²) in [5.41, 5.74) is 2.31. The standard InChI is InChI=1S/C12H9ClN2/c13-7-1-2-8-9(5-7)14-4-3-10(8)15-11-6-12(11)15/h1-5,11-12H,6H2. The summed E-state index contributed by atoms with van der Waals surface area (Å²) in [5, 5.41) is 1.97. The van der Waals surface area contributed by atoms with Gasteiger partial charge in [-0.05, 0) is 30.7 Å². The van der Waals surface area contributed by atoms with E-state index in [0.29, 0.717) is 0 Å². The average molecular weight is 217 g/mol. The molecule has 1 saturated heterocycles. The molecule has 2 atom stereocenters. The number of fused-ring (bicyclic) bond motifs is 2. The molecule has 1 aromatic carbocycles. The number of rotatable bonds is 1. The van der Waals surface area contributed by atoms with Gasteiger partial charge in [0.15, 0.2) is 0 Å². The van der Waals surface area contributed by atoms with Crippen LogP contribution in [0.1, 0.15) is 6.42 Å². The highest BCUT2D eigenvalue weighted by atomic mass is 35.5. The summed E-state index contributed by atoms with van der Waals surface area (Å²) in [4.78, 5) is 6.80. The van der Waals surface area contributed by atoms with Crippen LogP contribution in [-0.2, 0) is 0 Å². The zero-order valence-corrected chi connectivity index (χ0v) is 8.78. The smallest absolute Gasteiger partial charge is 0.0737 e. The second kappa shape index (κ2) is 2.45. The van der Waals surface area contributed by atoms with E-state index in [1.54, 1.807) is 0 Å². The van der Waals surface area contributed by atoms with Crippen LogP contribution >= 0.6 is 11.6 Å². The number of hydrogen-bond acceptors (Lipinski definition) is 2. The molecule has 74 valence electrons. The Kier molecular flexibility index (Phi) is 1.30. The second-order valence-electron chi connectivity index (χ2n) is 4.27. The van der Waals surface area contributed by atoms with Crippen molar-refractivity contribution in [3.63, 3.8) is 0 Å². The molecule has 0 radical (unpaired) electrons. The van der Waals surface area contributed by atoms with E-state index in [1.165, 1.54) is 17.5 Å². The lowest BCUT2D eigenvalue weighted by Gasteiger charge is -2.12. The van der Waals surface area contributed by atoms with E-state index >= 15 is 0 Å². The zero-order valence-electron chi connectivity index (χ0n) is 8.02. The number of pyridine rings is 1. The summed E-state index contributed by atoms with van der Waals surface area (Å²) in [7, 11) is 0. The lowest BCUT2D eigenvalue weighted by molar-refractivity contribution is 0.996. The molecule has 2 heterocycles. The Morgan fingerprint density at radius 2 is 2.13 bits per heavy atom. The van der Waals surface area contributed by atoms with E-state index in [1.807, 2.05) is 18.3 Å². The SMILES string of the molecule is Clc1ccc2c(N3C4CC43)ccnc2c1. The van der Waals surface area contributed by atoms with Gasteiger partial charge in [0, 0.05) is 22.3 Å². The highest BCUT2D eigenvalue weighted by molar-refractivity contribution is 6.31. The van der Waals surface area contributed by atoms with Crippen LogP contribution in [0.25, 0.3) is 10.9 Å². The van der Waals surface area contributed by atoms with Crippen LogP contribution in [0.15, 0.2) is 30.5 Å². The van der Waals surface area contributed by atoms with Crippen LogP contribution in [0.2, 0.25) is 5.02 Å². The third-order valence-electron chi connectivity index (χ3n) is 3.31. The average Bonchev–Trinajstić information content (AvgIpc) is 3.06. The molecule has 0 N–H and O–H groups in total. The van der Waals surface area contributed by atoms with Gasteiger partial charge in [-0.15, -0.1) is 0 Å². The van der Waals surface area contributed by atoms with Gasteiger partial charge in [0.2, 0.25) is 0 Å². The molecule has 3 heteroatoms. The first-order chi connectivity index (χ1) is 7.34. The second-order valence-corrected chi connectivity index (χ2v) is 4.71. The van der Waals surface area contributed by atoms with Crippen molar-refractivity contribution in [3.8, 4) is 0 Å². The quantitative estimate of drug-likeness (QED) is 0.682. The Morgan fingerprint density at radius 3 is 2.87 bits per heavy atom. The Labute approximate surface area is 92.5 Å². The molecule has 0 bridgehead atoms. The van der Waals surface area contributed by atoms with Crippen molar-refractivity contribution in [1.82, 2.24) is 4.98 Å². The molecule has 2 aromatic rings. The maximum absolute atomic E-state index is 5.95. The highest BCUT2D eigenvalue weighted by Gasteiger charge is 2.62. The van der Waals surface area contributed by atoms with Gasteiger partial charge in [-0.2, -0.15) is 0 Å². The van der Waals surface area contributed by atoms with Crippen LogP contribution in [0.5, 0.6) is 0 Å². The lowest BCUT2D eigenvalue weighted by Crippen LogP contribution is -2.06. The Hall–Kier alpha value is -1.28. The molecule has 1 aliphatic heterocycles. The zero-order chi connectivity index (χ0) is 9.99. The molecule has 1 saturated carbocycles. The molecule has 2 aliphatic rings. The summed E-state index contributed by atoms with van der Waals surface area (Å²) >= 11 is 5.95. The van der Waals surface area contributed by atoms with Gasteiger partial charge in [-0.3, -0.25) is 4.98 Å². The van der Waals surface area contributed by atoms with Gasteiger partial charge in [0.05, 0.1) is 17.6 Å². The largest absolute Gasteiger partial charge is 0.361 e. The molecule has 0 spiro atoms. The van der Waals surface area contributed by atoms with Crippen LogP contribution < -0.4 is 4.90 Å². The maximum Gasteiger partial charge on any atom is 0.0737 e. The Balaban J connectivity index is 1.96. The molecule has 1 aliphatic carbocycles. The molecule has 15 heavy (non-hydrogen) atoms. The Morgan fingerprint density at radius 1 is 1.27 bits per heavy atom. The number of nitrogens with zero attached hydrogens (tertiary/aromatic N) is 2. The number of aromatic nitrogens is 1. The van der Waals surface area contributed by atoms with Crippen molar-refractivity contribution in [2.45, 2.75) is 18.5 Å². The number of benzene rings is 1. The maximum atomic E-state index is 5.95. The van der Waals surface area contributed by atoms with Crippen LogP contribution in [0.3, 0.4) is 0 Å². The van der Waals surface area contributed by atoms with Gasteiger partial charge in [-0.25, -0.2) is 0 Å². The summed E-state index contributed by atoms with van der Waals surface area (Å²) in [5.74, 6) is 0. The first-order valence-electron chi connectivity index (χ1n) is 5.17. The third kappa shape index (κ3) is 1.03. The fourth-order valence-corrected chi connectivity index (χ4v) is 2.45. The molecular weight excluding hydrogens is 208 g/mol. The summed E-state index contributed by atoms with van der Waals surface area (Å²) in [6.07, 6.45) is 3.24. The summed E-state index contributed by atoms with van der Waals surface area (Å²) in [6, 6.07) is 9.68. The Bertz CT molecular complexity index is 559. The van der Waals surface area contributed by atoms with Crippen molar-refractivity contribution >= 4 is 28.2 Å². The third-order valence-corrected chi connectivity index (χ3v) is 3.54. The van der Waals surface area contributed by atoms with Crippen LogP contribution in [0, 0.1) is 0 Å². The minimum atomic E-state index is 0.753. The minimum absolute atomic E-state index is 0.753. The van der Waals surface area contributed by atoms with Crippen molar-refractivity contribution in [3.05, 3.63) is 35.5 Å². The minimum Gasteiger partial charge on any atom is -0.361 e. The van der Waals surface area contributed by atoms with Gasteiger partial charge in [0.25, 0.3) is 0 Å². The van der Waals surface area contributed by atoms with E-state index in [2.05, 4.69) is 22.0 Å². The van der Waals surface area contributed by atoms with Gasteiger partial charge in [-0.1, -0.05) is 11.6 Å². The van der Waals surface area contributed by atoms with Crippen LogP contribution in [-0.4, -0.2) is 17.1 Å². The van der Waals surface area contributed by atoms with E-state index < -0.39 is 0 Å². The van der Waals surface area contributed by atoms with Crippen molar-refractivity contribution < 1.29 is 0 Å². The molecule has 1 aromatic heterocycles. The first-order valence-corrected chi connectivity index (χ1v) is 5.55. The van der Waals surface area contributed by atoms with Crippen molar-refractivity contribution in [2.24, 2.45) is 0 Å². The summed E-state index contributed by atoms with van der Waals surface area (Å²) in [6.45, 7) is 0. The fraction of sp³-hybridized carbons (Fsp3) is 0.250. The number of anilines is 1. The van der Waals surface area contributed by atoms with Crippen LogP contribution in [0.4, 0.5) is 5.69 Å². The monoisotopic (exact) mass is 216 g/mol. The predicted octanol–water partition coefficient (Wildman–Crippen LogP) is 2.85. The summed E-state index contributed by atoms with van der Waals surface area (Å²) < 4.78 is 0.